The van der Waals surface area contributed by atoms with Crippen molar-refractivity contribution in [1.82, 2.24) is 0 Å². The Balaban J connectivity index is 1.71. The van der Waals surface area contributed by atoms with Crippen molar-refractivity contribution in [3.63, 3.8) is 0 Å². The molecule has 2 fully saturated rings. The van der Waals surface area contributed by atoms with Crippen LogP contribution in [0.3, 0.4) is 0 Å². The molecule has 0 heterocycles. The number of carbonyl (C=O) groups excluding carboxylic acids is 1. The van der Waals surface area contributed by atoms with Crippen LogP contribution in [0.2, 0.25) is 0 Å². The minimum absolute atomic E-state index is 0.0879. The van der Waals surface area contributed by atoms with Crippen molar-refractivity contribution < 1.29 is 19.4 Å². The molecule has 166 valence electrons. The zero-order chi connectivity index (χ0) is 21.8. The maximum atomic E-state index is 13.4. The quantitative estimate of drug-likeness (QED) is 0.344. The lowest BCUT2D eigenvalue weighted by atomic mass is 9.54. The Morgan fingerprint density at radius 2 is 1.73 bits per heavy atom. The van der Waals surface area contributed by atoms with Crippen molar-refractivity contribution in [2.75, 3.05) is 0 Å². The fourth-order valence-electron chi connectivity index (χ4n) is 6.24. The molecule has 4 heteroatoms. The zero-order valence-corrected chi connectivity index (χ0v) is 18.9. The van der Waals surface area contributed by atoms with Crippen LogP contribution in [-0.4, -0.2) is 17.0 Å². The van der Waals surface area contributed by atoms with Gasteiger partial charge in [-0.2, -0.15) is 0 Å². The lowest BCUT2D eigenvalue weighted by Gasteiger charge is -2.47. The van der Waals surface area contributed by atoms with Gasteiger partial charge in [-0.25, -0.2) is 0 Å². The number of esters is 1. The van der Waals surface area contributed by atoms with Gasteiger partial charge in [0, 0.05) is 0 Å². The van der Waals surface area contributed by atoms with Gasteiger partial charge in [0.2, 0.25) is 0 Å². The van der Waals surface area contributed by atoms with Crippen molar-refractivity contribution in [1.29, 1.82) is 0 Å². The van der Waals surface area contributed by atoms with E-state index in [-0.39, 0.29) is 24.4 Å². The first kappa shape index (κ1) is 22.8. The third-order valence-electron chi connectivity index (χ3n) is 7.99. The topological polar surface area (TPSA) is 63.6 Å². The number of rotatable bonds is 11. The predicted molar refractivity (Wildman–Crippen MR) is 118 cm³/mol. The van der Waals surface area contributed by atoms with Gasteiger partial charge < -0.3 is 9.84 Å². The first-order valence-electron chi connectivity index (χ1n) is 11.8. The summed E-state index contributed by atoms with van der Waals surface area (Å²) >= 11 is 0. The van der Waals surface area contributed by atoms with Gasteiger partial charge in [0.1, 0.15) is 6.61 Å². The molecule has 0 aliphatic heterocycles. The Morgan fingerprint density at radius 3 is 2.40 bits per heavy atom. The van der Waals surface area contributed by atoms with Crippen molar-refractivity contribution in [3.8, 4) is 0 Å². The average molecular weight is 415 g/mol. The lowest BCUT2D eigenvalue weighted by Crippen LogP contribution is -2.55. The molecule has 0 radical (unpaired) electrons. The second-order valence-corrected chi connectivity index (χ2v) is 10.1. The lowest BCUT2D eigenvalue weighted by molar-refractivity contribution is -0.185. The predicted octanol–water partition coefficient (Wildman–Crippen LogP) is 6.23. The summed E-state index contributed by atoms with van der Waals surface area (Å²) in [5.41, 5.74) is -0.986. The van der Waals surface area contributed by atoms with E-state index < -0.39 is 16.8 Å². The molecule has 2 saturated carbocycles. The SMILES string of the molecule is CC(C)CCCCCCC1(C(=O)O)C2CCC(C2)C1(C)C(=O)OCc1ccccc1. The number of carboxylic acid groups (broad SMARTS) is 1. The van der Waals surface area contributed by atoms with E-state index in [1.165, 1.54) is 12.8 Å². The van der Waals surface area contributed by atoms with Gasteiger partial charge >= 0.3 is 11.9 Å². The number of hydrogen-bond donors (Lipinski definition) is 1. The Bertz CT molecular complexity index is 728. The molecule has 4 unspecified atom stereocenters. The number of carboxylic acids is 1. The molecule has 0 amide bonds. The van der Waals surface area contributed by atoms with E-state index in [1.807, 2.05) is 37.3 Å². The average Bonchev–Trinajstić information content (AvgIpc) is 3.30. The van der Waals surface area contributed by atoms with Gasteiger partial charge in [0.25, 0.3) is 0 Å². The summed E-state index contributed by atoms with van der Waals surface area (Å²) in [6, 6.07) is 9.63. The fourth-order valence-corrected chi connectivity index (χ4v) is 6.24. The Labute approximate surface area is 181 Å². The standard InChI is InChI=1S/C26H38O4/c1-19(2)11-7-4-5-10-16-26(23(27)28)22-15-14-21(17-22)25(26,3)24(29)30-18-20-12-8-6-9-13-20/h6,8-9,12-13,19,21-22H,4-5,7,10-11,14-18H2,1-3H3,(H,27,28). The number of unbranched alkanes of at least 4 members (excludes halogenated alkanes) is 3. The van der Waals surface area contributed by atoms with Crippen molar-refractivity contribution in [2.45, 2.75) is 85.2 Å². The second-order valence-electron chi connectivity index (χ2n) is 10.1. The van der Waals surface area contributed by atoms with Crippen molar-refractivity contribution in [3.05, 3.63) is 35.9 Å². The molecule has 0 spiro atoms. The second kappa shape index (κ2) is 9.53. The molecule has 4 nitrogen and oxygen atoms in total. The molecule has 1 aromatic carbocycles. The number of fused-ring (bicyclic) bond motifs is 2. The van der Waals surface area contributed by atoms with Gasteiger partial charge in [-0.05, 0) is 55.9 Å². The fraction of sp³-hybridized carbons (Fsp3) is 0.692. The van der Waals surface area contributed by atoms with E-state index in [0.717, 1.165) is 44.1 Å². The van der Waals surface area contributed by atoms with E-state index >= 15 is 0 Å². The van der Waals surface area contributed by atoms with Crippen LogP contribution in [0.25, 0.3) is 0 Å². The highest BCUT2D eigenvalue weighted by atomic mass is 16.5. The summed E-state index contributed by atoms with van der Waals surface area (Å²) in [4.78, 5) is 26.1. The zero-order valence-electron chi connectivity index (χ0n) is 18.9. The Morgan fingerprint density at radius 1 is 1.07 bits per heavy atom. The molecular formula is C26H38O4. The summed E-state index contributed by atoms with van der Waals surface area (Å²) in [7, 11) is 0. The monoisotopic (exact) mass is 414 g/mol. The van der Waals surface area contributed by atoms with E-state index in [1.54, 1.807) is 0 Å². The van der Waals surface area contributed by atoms with Crippen LogP contribution >= 0.6 is 0 Å². The van der Waals surface area contributed by atoms with Crippen molar-refractivity contribution in [2.24, 2.45) is 28.6 Å². The highest BCUT2D eigenvalue weighted by Gasteiger charge is 2.72. The molecule has 30 heavy (non-hydrogen) atoms. The van der Waals surface area contributed by atoms with Crippen LogP contribution in [0.1, 0.15) is 84.1 Å². The van der Waals surface area contributed by atoms with Gasteiger partial charge in [-0.1, -0.05) is 76.3 Å². The summed E-state index contributed by atoms with van der Waals surface area (Å²) < 4.78 is 5.74. The number of carbonyl (C=O) groups is 2. The normalized spacial score (nSPS) is 30.0. The highest BCUT2D eigenvalue weighted by molar-refractivity contribution is 5.89. The molecule has 2 aliphatic carbocycles. The van der Waals surface area contributed by atoms with E-state index in [0.29, 0.717) is 12.3 Å². The van der Waals surface area contributed by atoms with Crippen LogP contribution in [0.15, 0.2) is 30.3 Å². The minimum atomic E-state index is -0.984. The minimum Gasteiger partial charge on any atom is -0.481 e. The summed E-state index contributed by atoms with van der Waals surface area (Å²) in [5, 5.41) is 10.4. The molecule has 0 saturated heterocycles. The molecule has 0 aromatic heterocycles. The van der Waals surface area contributed by atoms with Crippen LogP contribution in [0.4, 0.5) is 0 Å². The highest BCUT2D eigenvalue weighted by Crippen LogP contribution is 2.68. The molecule has 2 aliphatic rings. The first-order valence-corrected chi connectivity index (χ1v) is 11.8. The summed E-state index contributed by atoms with van der Waals surface area (Å²) in [6.07, 6.45) is 8.74. The smallest absolute Gasteiger partial charge is 0.313 e. The summed E-state index contributed by atoms with van der Waals surface area (Å²) in [5.74, 6) is -0.201. The van der Waals surface area contributed by atoms with Crippen LogP contribution in [0.5, 0.6) is 0 Å². The Hall–Kier alpha value is -1.84. The third-order valence-corrected chi connectivity index (χ3v) is 7.99. The number of ether oxygens (including phenoxy) is 1. The van der Waals surface area contributed by atoms with Crippen molar-refractivity contribution >= 4 is 11.9 Å². The van der Waals surface area contributed by atoms with Gasteiger partial charge in [0.15, 0.2) is 0 Å². The van der Waals surface area contributed by atoms with Crippen LogP contribution in [-0.2, 0) is 20.9 Å². The molecular weight excluding hydrogens is 376 g/mol. The van der Waals surface area contributed by atoms with Crippen LogP contribution < -0.4 is 0 Å². The first-order chi connectivity index (χ1) is 14.3. The molecule has 4 atom stereocenters. The number of aliphatic carboxylic acids is 1. The number of benzene rings is 1. The molecule has 1 aromatic rings. The van der Waals surface area contributed by atoms with E-state index in [2.05, 4.69) is 13.8 Å². The van der Waals surface area contributed by atoms with Gasteiger partial charge in [-0.3, -0.25) is 9.59 Å². The number of hydrogen-bond acceptors (Lipinski definition) is 3. The van der Waals surface area contributed by atoms with E-state index in [4.69, 9.17) is 4.74 Å². The van der Waals surface area contributed by atoms with Crippen LogP contribution in [0, 0.1) is 28.6 Å². The maximum Gasteiger partial charge on any atom is 0.313 e. The van der Waals surface area contributed by atoms with E-state index in [9.17, 15) is 14.7 Å². The Kier molecular flexibility index (Phi) is 7.26. The summed E-state index contributed by atoms with van der Waals surface area (Å²) in [6.45, 7) is 6.57. The largest absolute Gasteiger partial charge is 0.481 e. The molecule has 1 N–H and O–H groups in total. The third kappa shape index (κ3) is 4.15. The maximum absolute atomic E-state index is 13.4. The molecule has 3 rings (SSSR count). The van der Waals surface area contributed by atoms with Gasteiger partial charge in [0.05, 0.1) is 10.8 Å². The molecule has 2 bridgehead atoms. The van der Waals surface area contributed by atoms with Gasteiger partial charge in [-0.15, -0.1) is 0 Å².